The average molecular weight is 349 g/mol. The van der Waals surface area contributed by atoms with Gasteiger partial charge in [0.05, 0.1) is 23.3 Å². The van der Waals surface area contributed by atoms with Crippen LogP contribution in [-0.2, 0) is 4.74 Å². The largest absolute Gasteiger partial charge is 0.411 e. The number of hydrogen-bond donors (Lipinski definition) is 0. The number of aromatic nitrogens is 2. The first-order valence-electron chi connectivity index (χ1n) is 5.84. The van der Waals surface area contributed by atoms with Crippen LogP contribution in [0.4, 0.5) is 13.2 Å². The molecule has 0 spiro atoms. The van der Waals surface area contributed by atoms with Crippen LogP contribution in [0, 0.1) is 0 Å². The lowest BCUT2D eigenvalue weighted by molar-refractivity contribution is -0.173. The van der Waals surface area contributed by atoms with Gasteiger partial charge in [0, 0.05) is 11.8 Å². The van der Waals surface area contributed by atoms with Crippen molar-refractivity contribution in [3.63, 3.8) is 0 Å². The van der Waals surface area contributed by atoms with E-state index in [1.807, 2.05) is 30.3 Å². The quantitative estimate of drug-likeness (QED) is 0.766. The van der Waals surface area contributed by atoms with E-state index in [1.54, 1.807) is 17.1 Å². The van der Waals surface area contributed by atoms with Crippen molar-refractivity contribution in [3.8, 4) is 5.69 Å². The van der Waals surface area contributed by atoms with E-state index in [0.29, 0.717) is 0 Å². The Balaban J connectivity index is 1.95. The van der Waals surface area contributed by atoms with Crippen LogP contribution in [0.15, 0.2) is 42.7 Å². The second-order valence-corrected chi connectivity index (χ2v) is 5.26. The number of benzene rings is 1. The summed E-state index contributed by atoms with van der Waals surface area (Å²) in [5.74, 6) is 0. The molecule has 1 aromatic heterocycles. The van der Waals surface area contributed by atoms with Gasteiger partial charge in [-0.25, -0.2) is 4.68 Å². The number of hydrogen-bond acceptors (Lipinski definition) is 2. The second-order valence-electron chi connectivity index (χ2n) is 4.15. The number of rotatable bonds is 5. The molecule has 1 atom stereocenters. The highest BCUT2D eigenvalue weighted by Crippen LogP contribution is 2.24. The van der Waals surface area contributed by atoms with E-state index in [2.05, 4.69) is 25.8 Å². The van der Waals surface area contributed by atoms with Gasteiger partial charge >= 0.3 is 6.18 Å². The normalized spacial score (nSPS) is 13.4. The van der Waals surface area contributed by atoms with Crippen molar-refractivity contribution in [2.75, 3.05) is 13.2 Å². The zero-order chi connectivity index (χ0) is 14.6. The lowest BCUT2D eigenvalue weighted by atomic mass is 10.2. The third-order valence-electron chi connectivity index (χ3n) is 2.51. The van der Waals surface area contributed by atoms with Crippen molar-refractivity contribution < 1.29 is 17.9 Å². The van der Waals surface area contributed by atoms with Crippen LogP contribution in [0.25, 0.3) is 5.69 Å². The molecule has 0 amide bonds. The molecule has 1 heterocycles. The van der Waals surface area contributed by atoms with Gasteiger partial charge < -0.3 is 4.74 Å². The van der Waals surface area contributed by atoms with Gasteiger partial charge in [0.25, 0.3) is 0 Å². The molecule has 1 unspecified atom stereocenters. The Morgan fingerprint density at radius 1 is 1.25 bits per heavy atom. The van der Waals surface area contributed by atoms with Crippen molar-refractivity contribution >= 4 is 15.9 Å². The predicted molar refractivity (Wildman–Crippen MR) is 72.1 cm³/mol. The fourth-order valence-corrected chi connectivity index (χ4v) is 2.02. The number of halogens is 4. The molecule has 0 aliphatic carbocycles. The molecule has 7 heteroatoms. The SMILES string of the molecule is FC(F)(F)COCC(Br)c1cnn(-c2ccccc2)c1. The highest BCUT2D eigenvalue weighted by Gasteiger charge is 2.28. The van der Waals surface area contributed by atoms with Gasteiger partial charge in [0.2, 0.25) is 0 Å². The smallest absolute Gasteiger partial charge is 0.371 e. The summed E-state index contributed by atoms with van der Waals surface area (Å²) in [6.07, 6.45) is -0.948. The summed E-state index contributed by atoms with van der Waals surface area (Å²) in [4.78, 5) is -0.331. The minimum Gasteiger partial charge on any atom is -0.371 e. The van der Waals surface area contributed by atoms with E-state index < -0.39 is 12.8 Å². The van der Waals surface area contributed by atoms with Gasteiger partial charge in [-0.15, -0.1) is 0 Å². The molecule has 108 valence electrons. The molecule has 0 aliphatic heterocycles. The highest BCUT2D eigenvalue weighted by molar-refractivity contribution is 9.09. The first kappa shape index (κ1) is 15.1. The molecule has 2 aromatic rings. The van der Waals surface area contributed by atoms with Gasteiger partial charge in [0.1, 0.15) is 6.61 Å². The first-order chi connectivity index (χ1) is 9.46. The summed E-state index contributed by atoms with van der Waals surface area (Å²) < 4.78 is 42.2. The summed E-state index contributed by atoms with van der Waals surface area (Å²) in [5, 5.41) is 4.17. The van der Waals surface area contributed by atoms with Gasteiger partial charge in [-0.1, -0.05) is 34.1 Å². The van der Waals surface area contributed by atoms with Crippen LogP contribution in [0.1, 0.15) is 10.4 Å². The monoisotopic (exact) mass is 348 g/mol. The molecule has 1 aromatic carbocycles. The number of para-hydroxylation sites is 1. The molecule has 3 nitrogen and oxygen atoms in total. The van der Waals surface area contributed by atoms with Crippen molar-refractivity contribution in [1.29, 1.82) is 0 Å². The summed E-state index contributed by atoms with van der Waals surface area (Å²) in [6.45, 7) is -1.32. The molecule has 20 heavy (non-hydrogen) atoms. The minimum absolute atomic E-state index is 0.0695. The lowest BCUT2D eigenvalue weighted by Gasteiger charge is -2.10. The standard InChI is InChI=1S/C13H12BrF3N2O/c14-12(8-20-9-13(15,16)17)10-6-18-19(7-10)11-4-2-1-3-5-11/h1-7,12H,8-9H2. The third kappa shape index (κ3) is 4.35. The molecule has 0 saturated heterocycles. The summed E-state index contributed by atoms with van der Waals surface area (Å²) in [7, 11) is 0. The van der Waals surface area contributed by atoms with E-state index >= 15 is 0 Å². The zero-order valence-corrected chi connectivity index (χ0v) is 11.9. The maximum Gasteiger partial charge on any atom is 0.411 e. The van der Waals surface area contributed by atoms with Gasteiger partial charge in [0.15, 0.2) is 0 Å². The van der Waals surface area contributed by atoms with E-state index in [9.17, 15) is 13.2 Å². The van der Waals surface area contributed by atoms with Gasteiger partial charge in [-0.2, -0.15) is 18.3 Å². The summed E-state index contributed by atoms with van der Waals surface area (Å²) >= 11 is 3.29. The summed E-state index contributed by atoms with van der Waals surface area (Å²) in [5.41, 5.74) is 1.64. The Labute approximate surface area is 122 Å². The Kier molecular flexibility index (Phi) is 4.82. The Hall–Kier alpha value is -1.34. The topological polar surface area (TPSA) is 27.1 Å². The van der Waals surface area contributed by atoms with Crippen LogP contribution >= 0.6 is 15.9 Å². The first-order valence-corrected chi connectivity index (χ1v) is 6.76. The number of ether oxygens (including phenoxy) is 1. The van der Waals surface area contributed by atoms with Crippen molar-refractivity contribution in [3.05, 3.63) is 48.3 Å². The highest BCUT2D eigenvalue weighted by atomic mass is 79.9. The molecule has 0 saturated carbocycles. The second kappa shape index (κ2) is 6.41. The Morgan fingerprint density at radius 3 is 2.60 bits per heavy atom. The van der Waals surface area contributed by atoms with Crippen LogP contribution in [0.5, 0.6) is 0 Å². The molecule has 0 radical (unpaired) electrons. The molecule has 0 bridgehead atoms. The van der Waals surface area contributed by atoms with Gasteiger partial charge in [-0.3, -0.25) is 0 Å². The zero-order valence-electron chi connectivity index (χ0n) is 10.3. The molecular weight excluding hydrogens is 337 g/mol. The summed E-state index contributed by atoms with van der Waals surface area (Å²) in [6, 6.07) is 9.44. The molecule has 0 fully saturated rings. The molecule has 0 N–H and O–H groups in total. The lowest BCUT2D eigenvalue weighted by Crippen LogP contribution is -2.18. The molecular formula is C13H12BrF3N2O. The third-order valence-corrected chi connectivity index (χ3v) is 3.31. The maximum absolute atomic E-state index is 12.0. The molecule has 0 aliphatic rings. The van der Waals surface area contributed by atoms with E-state index in [0.717, 1.165) is 11.3 Å². The van der Waals surface area contributed by atoms with Crippen LogP contribution < -0.4 is 0 Å². The van der Waals surface area contributed by atoms with Crippen molar-refractivity contribution in [2.45, 2.75) is 11.0 Å². The number of alkyl halides is 4. The molecule has 2 rings (SSSR count). The average Bonchev–Trinajstić information content (AvgIpc) is 2.88. The van der Waals surface area contributed by atoms with Crippen LogP contribution in [0.2, 0.25) is 0 Å². The van der Waals surface area contributed by atoms with Gasteiger partial charge in [-0.05, 0) is 12.1 Å². The number of nitrogens with zero attached hydrogens (tertiary/aromatic N) is 2. The maximum atomic E-state index is 12.0. The van der Waals surface area contributed by atoms with E-state index in [1.165, 1.54) is 0 Å². The fraction of sp³-hybridized carbons (Fsp3) is 0.308. The van der Waals surface area contributed by atoms with E-state index in [-0.39, 0.29) is 11.4 Å². The Bertz CT molecular complexity index is 542. The fourth-order valence-electron chi connectivity index (χ4n) is 1.59. The van der Waals surface area contributed by atoms with Crippen LogP contribution in [-0.4, -0.2) is 29.2 Å². The predicted octanol–water partition coefficient (Wildman–Crippen LogP) is 3.89. The van der Waals surface area contributed by atoms with Crippen molar-refractivity contribution in [1.82, 2.24) is 9.78 Å². The van der Waals surface area contributed by atoms with Crippen LogP contribution in [0.3, 0.4) is 0 Å². The minimum atomic E-state index is -4.30. The van der Waals surface area contributed by atoms with E-state index in [4.69, 9.17) is 0 Å². The van der Waals surface area contributed by atoms with Crippen molar-refractivity contribution in [2.24, 2.45) is 0 Å². The Morgan fingerprint density at radius 2 is 1.95 bits per heavy atom.